The van der Waals surface area contributed by atoms with Crippen LogP contribution in [-0.4, -0.2) is 42.5 Å². The van der Waals surface area contributed by atoms with Gasteiger partial charge < -0.3 is 4.74 Å². The number of morpholine rings is 1. The molecule has 0 spiro atoms. The highest BCUT2D eigenvalue weighted by Gasteiger charge is 2.28. The molecule has 0 N–H and O–H groups in total. The molecule has 0 amide bonds. The second-order valence-corrected chi connectivity index (χ2v) is 4.68. The second-order valence-electron chi connectivity index (χ2n) is 4.68. The topological polar surface area (TPSA) is 29.5 Å². The maximum Gasteiger partial charge on any atom is 0.192 e. The number of nitrogens with zero attached hydrogens (tertiary/aromatic N) is 1. The second kappa shape index (κ2) is 5.43. The quantitative estimate of drug-likeness (QED) is 0.748. The Hall–Kier alpha value is -1.19. The lowest BCUT2D eigenvalue weighted by atomic mass is 10.0. The van der Waals surface area contributed by atoms with Gasteiger partial charge >= 0.3 is 0 Å². The summed E-state index contributed by atoms with van der Waals surface area (Å²) < 4.78 is 5.58. The molecule has 3 heteroatoms. The zero-order valence-corrected chi connectivity index (χ0v) is 10.4. The molecule has 0 aliphatic carbocycles. The van der Waals surface area contributed by atoms with E-state index in [9.17, 15) is 4.79 Å². The van der Waals surface area contributed by atoms with Crippen LogP contribution in [-0.2, 0) is 4.74 Å². The monoisotopic (exact) mass is 233 g/mol. The van der Waals surface area contributed by atoms with Crippen LogP contribution in [0.5, 0.6) is 0 Å². The fourth-order valence-electron chi connectivity index (χ4n) is 2.09. The van der Waals surface area contributed by atoms with E-state index in [2.05, 4.69) is 18.7 Å². The Balaban J connectivity index is 2.05. The molecule has 0 bridgehead atoms. The molecule has 1 aliphatic heterocycles. The predicted octanol–water partition coefficient (Wildman–Crippen LogP) is 1.98. The number of rotatable bonds is 3. The Bertz CT molecular complexity index is 375. The van der Waals surface area contributed by atoms with Gasteiger partial charge in [0, 0.05) is 24.7 Å². The first kappa shape index (κ1) is 12.3. The van der Waals surface area contributed by atoms with Gasteiger partial charge in [0.25, 0.3) is 0 Å². The van der Waals surface area contributed by atoms with Crippen LogP contribution in [0, 0.1) is 0 Å². The summed E-state index contributed by atoms with van der Waals surface area (Å²) >= 11 is 0. The smallest absolute Gasteiger partial charge is 0.192 e. The molecule has 0 aromatic heterocycles. The van der Waals surface area contributed by atoms with Gasteiger partial charge in [-0.05, 0) is 13.8 Å². The van der Waals surface area contributed by atoms with Gasteiger partial charge in [-0.15, -0.1) is 0 Å². The van der Waals surface area contributed by atoms with Gasteiger partial charge in [-0.25, -0.2) is 0 Å². The van der Waals surface area contributed by atoms with Crippen molar-refractivity contribution in [2.45, 2.75) is 26.0 Å². The molecular weight excluding hydrogens is 214 g/mol. The van der Waals surface area contributed by atoms with Crippen LogP contribution in [0.25, 0.3) is 0 Å². The average molecular weight is 233 g/mol. The predicted molar refractivity (Wildman–Crippen MR) is 67.2 cm³/mol. The first-order valence-electron chi connectivity index (χ1n) is 6.13. The standard InChI is InChI=1S/C14H19NO2/c1-11(2)15-8-9-17-13(10-15)14(16)12-6-4-3-5-7-12/h3-7,11,13H,8-10H2,1-2H3. The molecule has 1 aromatic rings. The molecule has 1 unspecified atom stereocenters. The molecule has 17 heavy (non-hydrogen) atoms. The molecule has 1 atom stereocenters. The van der Waals surface area contributed by atoms with Crippen molar-refractivity contribution in [2.24, 2.45) is 0 Å². The summed E-state index contributed by atoms with van der Waals surface area (Å²) in [6, 6.07) is 9.84. The van der Waals surface area contributed by atoms with E-state index in [1.165, 1.54) is 0 Å². The third kappa shape index (κ3) is 2.93. The minimum absolute atomic E-state index is 0.0935. The summed E-state index contributed by atoms with van der Waals surface area (Å²) in [7, 11) is 0. The third-order valence-electron chi connectivity index (χ3n) is 3.18. The minimum Gasteiger partial charge on any atom is -0.367 e. The van der Waals surface area contributed by atoms with Crippen molar-refractivity contribution in [3.8, 4) is 0 Å². The summed E-state index contributed by atoms with van der Waals surface area (Å²) in [6.07, 6.45) is -0.312. The Labute approximate surface area is 102 Å². The SMILES string of the molecule is CC(C)N1CCOC(C(=O)c2ccccc2)C1. The highest BCUT2D eigenvalue weighted by Crippen LogP contribution is 2.13. The maximum absolute atomic E-state index is 12.2. The molecule has 92 valence electrons. The fraction of sp³-hybridized carbons (Fsp3) is 0.500. The highest BCUT2D eigenvalue weighted by molar-refractivity contribution is 5.99. The van der Waals surface area contributed by atoms with Crippen molar-refractivity contribution >= 4 is 5.78 Å². The van der Waals surface area contributed by atoms with Crippen molar-refractivity contribution in [1.82, 2.24) is 4.90 Å². The van der Waals surface area contributed by atoms with Crippen LogP contribution >= 0.6 is 0 Å². The number of hydrogen-bond donors (Lipinski definition) is 0. The Morgan fingerprint density at radius 1 is 1.35 bits per heavy atom. The molecule has 2 rings (SSSR count). The lowest BCUT2D eigenvalue weighted by Gasteiger charge is -2.34. The Kier molecular flexibility index (Phi) is 3.92. The van der Waals surface area contributed by atoms with Crippen LogP contribution in [0.4, 0.5) is 0 Å². The van der Waals surface area contributed by atoms with Crippen LogP contribution in [0.3, 0.4) is 0 Å². The maximum atomic E-state index is 12.2. The number of carbonyl (C=O) groups is 1. The van der Waals surface area contributed by atoms with E-state index in [4.69, 9.17) is 4.74 Å². The normalized spacial score (nSPS) is 21.7. The van der Waals surface area contributed by atoms with Gasteiger partial charge in [-0.3, -0.25) is 9.69 Å². The van der Waals surface area contributed by atoms with Crippen molar-refractivity contribution < 1.29 is 9.53 Å². The summed E-state index contributed by atoms with van der Waals surface area (Å²) in [5.41, 5.74) is 0.739. The molecule has 0 radical (unpaired) electrons. The van der Waals surface area contributed by atoms with Crippen molar-refractivity contribution in [3.05, 3.63) is 35.9 Å². The van der Waals surface area contributed by atoms with Crippen molar-refractivity contribution in [1.29, 1.82) is 0 Å². The summed E-state index contributed by atoms with van der Waals surface area (Å²) in [5.74, 6) is 0.0935. The van der Waals surface area contributed by atoms with Crippen LogP contribution in [0.2, 0.25) is 0 Å². The van der Waals surface area contributed by atoms with Gasteiger partial charge in [0.2, 0.25) is 0 Å². The molecule has 1 aliphatic rings. The Morgan fingerprint density at radius 2 is 2.06 bits per heavy atom. The van der Waals surface area contributed by atoms with Gasteiger partial charge in [-0.2, -0.15) is 0 Å². The van der Waals surface area contributed by atoms with Crippen LogP contribution in [0.1, 0.15) is 24.2 Å². The van der Waals surface area contributed by atoms with Gasteiger partial charge in [0.15, 0.2) is 5.78 Å². The zero-order chi connectivity index (χ0) is 12.3. The van der Waals surface area contributed by atoms with Crippen LogP contribution in [0.15, 0.2) is 30.3 Å². The molecule has 1 fully saturated rings. The number of hydrogen-bond acceptors (Lipinski definition) is 3. The first-order valence-corrected chi connectivity index (χ1v) is 6.13. The fourth-order valence-corrected chi connectivity index (χ4v) is 2.09. The lowest BCUT2D eigenvalue weighted by Crippen LogP contribution is -2.48. The molecule has 0 saturated carbocycles. The first-order chi connectivity index (χ1) is 8.18. The van der Waals surface area contributed by atoms with Crippen LogP contribution < -0.4 is 0 Å². The lowest BCUT2D eigenvalue weighted by molar-refractivity contribution is -0.0256. The van der Waals surface area contributed by atoms with E-state index in [1.54, 1.807) is 0 Å². The molecule has 1 heterocycles. The molecular formula is C14H19NO2. The largest absolute Gasteiger partial charge is 0.367 e. The van der Waals surface area contributed by atoms with Gasteiger partial charge in [0.1, 0.15) is 6.10 Å². The summed E-state index contributed by atoms with van der Waals surface area (Å²) in [4.78, 5) is 14.5. The molecule has 3 nitrogen and oxygen atoms in total. The highest BCUT2D eigenvalue weighted by atomic mass is 16.5. The minimum atomic E-state index is -0.312. The molecule has 1 saturated heterocycles. The third-order valence-corrected chi connectivity index (χ3v) is 3.18. The number of carbonyl (C=O) groups excluding carboxylic acids is 1. The average Bonchev–Trinajstić information content (AvgIpc) is 2.39. The van der Waals surface area contributed by atoms with E-state index < -0.39 is 0 Å². The van der Waals surface area contributed by atoms with Crippen molar-refractivity contribution in [3.63, 3.8) is 0 Å². The number of ketones is 1. The van der Waals surface area contributed by atoms with E-state index in [-0.39, 0.29) is 11.9 Å². The van der Waals surface area contributed by atoms with E-state index >= 15 is 0 Å². The molecule has 1 aromatic carbocycles. The summed E-state index contributed by atoms with van der Waals surface area (Å²) in [5, 5.41) is 0. The number of ether oxygens (including phenoxy) is 1. The summed E-state index contributed by atoms with van der Waals surface area (Å²) in [6.45, 7) is 6.55. The van der Waals surface area contributed by atoms with Gasteiger partial charge in [0.05, 0.1) is 6.61 Å². The van der Waals surface area contributed by atoms with E-state index in [0.29, 0.717) is 19.2 Å². The van der Waals surface area contributed by atoms with Crippen molar-refractivity contribution in [2.75, 3.05) is 19.7 Å². The van der Waals surface area contributed by atoms with E-state index in [0.717, 1.165) is 12.1 Å². The number of benzene rings is 1. The van der Waals surface area contributed by atoms with E-state index in [1.807, 2.05) is 30.3 Å². The number of Topliss-reactive ketones (excluding diaryl/α,β-unsaturated/α-hetero) is 1. The Morgan fingerprint density at radius 3 is 2.71 bits per heavy atom. The zero-order valence-electron chi connectivity index (χ0n) is 10.4. The van der Waals surface area contributed by atoms with Gasteiger partial charge in [-0.1, -0.05) is 30.3 Å².